The summed E-state index contributed by atoms with van der Waals surface area (Å²) in [6, 6.07) is 11.8. The molecule has 0 saturated carbocycles. The summed E-state index contributed by atoms with van der Waals surface area (Å²) in [6.07, 6.45) is 1.04. The molecule has 1 heteroatoms. The Morgan fingerprint density at radius 1 is 0.762 bits per heavy atom. The van der Waals surface area contributed by atoms with Gasteiger partial charge in [0.1, 0.15) is 0 Å². The lowest BCUT2D eigenvalue weighted by Gasteiger charge is -2.21. The number of benzene rings is 2. The van der Waals surface area contributed by atoms with Crippen LogP contribution in [0.25, 0.3) is 0 Å². The summed E-state index contributed by atoms with van der Waals surface area (Å²) >= 11 is 0. The molecule has 21 heavy (non-hydrogen) atoms. The average molecular weight is 281 g/mol. The van der Waals surface area contributed by atoms with E-state index >= 15 is 0 Å². The van der Waals surface area contributed by atoms with Crippen molar-refractivity contribution < 1.29 is 0 Å². The SMILES string of the molecule is CNC(Cc1c(C)cc(C)cc1C)c1cc(C)cc(C)c1. The van der Waals surface area contributed by atoms with E-state index in [4.69, 9.17) is 0 Å². The van der Waals surface area contributed by atoms with Gasteiger partial charge in [-0.25, -0.2) is 0 Å². The molecule has 2 aromatic carbocycles. The van der Waals surface area contributed by atoms with Gasteiger partial charge >= 0.3 is 0 Å². The zero-order valence-corrected chi connectivity index (χ0v) is 14.2. The topological polar surface area (TPSA) is 12.0 Å². The lowest BCUT2D eigenvalue weighted by atomic mass is 9.90. The highest BCUT2D eigenvalue weighted by atomic mass is 14.9. The Kier molecular flexibility index (Phi) is 4.84. The number of nitrogens with one attached hydrogen (secondary N) is 1. The minimum Gasteiger partial charge on any atom is -0.313 e. The first kappa shape index (κ1) is 15.8. The van der Waals surface area contributed by atoms with Crippen LogP contribution >= 0.6 is 0 Å². The van der Waals surface area contributed by atoms with Crippen LogP contribution in [-0.2, 0) is 6.42 Å². The van der Waals surface area contributed by atoms with Gasteiger partial charge in [0.25, 0.3) is 0 Å². The van der Waals surface area contributed by atoms with Crippen LogP contribution in [0.4, 0.5) is 0 Å². The van der Waals surface area contributed by atoms with Crippen LogP contribution in [0.15, 0.2) is 30.3 Å². The standard InChI is InChI=1S/C20H27N/c1-13-7-14(2)11-18(10-13)20(21-6)12-19-16(4)8-15(3)9-17(19)5/h7-11,20-21H,12H2,1-6H3. The number of hydrogen-bond donors (Lipinski definition) is 1. The zero-order chi connectivity index (χ0) is 15.6. The van der Waals surface area contributed by atoms with E-state index in [9.17, 15) is 0 Å². The molecule has 0 bridgehead atoms. The van der Waals surface area contributed by atoms with Crippen LogP contribution in [0, 0.1) is 34.6 Å². The third-order valence-electron chi connectivity index (χ3n) is 4.24. The molecule has 1 N–H and O–H groups in total. The predicted molar refractivity (Wildman–Crippen MR) is 92.1 cm³/mol. The Bertz CT molecular complexity index is 597. The van der Waals surface area contributed by atoms with Gasteiger partial charge in [0.2, 0.25) is 0 Å². The maximum Gasteiger partial charge on any atom is 0.0358 e. The zero-order valence-electron chi connectivity index (χ0n) is 14.2. The quantitative estimate of drug-likeness (QED) is 0.854. The molecule has 0 saturated heterocycles. The summed E-state index contributed by atoms with van der Waals surface area (Å²) in [6.45, 7) is 11.0. The van der Waals surface area contributed by atoms with Gasteiger partial charge in [0, 0.05) is 6.04 Å². The van der Waals surface area contributed by atoms with E-state index in [1.54, 1.807) is 0 Å². The normalized spacial score (nSPS) is 12.5. The van der Waals surface area contributed by atoms with Gasteiger partial charge in [-0.2, -0.15) is 0 Å². The van der Waals surface area contributed by atoms with E-state index in [0.29, 0.717) is 6.04 Å². The molecule has 1 unspecified atom stereocenters. The van der Waals surface area contributed by atoms with Gasteiger partial charge in [-0.05, 0) is 70.3 Å². The van der Waals surface area contributed by atoms with Crippen molar-refractivity contribution in [2.75, 3.05) is 7.05 Å². The lowest BCUT2D eigenvalue weighted by molar-refractivity contribution is 0.588. The molecular weight excluding hydrogens is 254 g/mol. The Labute approximate surface area is 129 Å². The van der Waals surface area contributed by atoms with Crippen LogP contribution in [-0.4, -0.2) is 7.05 Å². The molecular formula is C20H27N. The van der Waals surface area contributed by atoms with Gasteiger partial charge in [-0.15, -0.1) is 0 Å². The summed E-state index contributed by atoms with van der Waals surface area (Å²) in [4.78, 5) is 0. The third kappa shape index (κ3) is 3.74. The molecule has 0 aliphatic carbocycles. The second kappa shape index (κ2) is 6.44. The van der Waals surface area contributed by atoms with Crippen molar-refractivity contribution in [2.24, 2.45) is 0 Å². The van der Waals surface area contributed by atoms with Crippen molar-refractivity contribution >= 4 is 0 Å². The predicted octanol–water partition coefficient (Wildman–Crippen LogP) is 4.73. The molecule has 1 atom stereocenters. The van der Waals surface area contributed by atoms with E-state index in [-0.39, 0.29) is 0 Å². The molecule has 0 heterocycles. The van der Waals surface area contributed by atoms with E-state index in [1.165, 1.54) is 38.9 Å². The maximum absolute atomic E-state index is 3.49. The van der Waals surface area contributed by atoms with Gasteiger partial charge in [-0.3, -0.25) is 0 Å². The highest BCUT2D eigenvalue weighted by Crippen LogP contribution is 2.25. The molecule has 0 aliphatic heterocycles. The van der Waals surface area contributed by atoms with Gasteiger partial charge in [0.15, 0.2) is 0 Å². The lowest BCUT2D eigenvalue weighted by Crippen LogP contribution is -2.20. The van der Waals surface area contributed by atoms with Gasteiger partial charge in [-0.1, -0.05) is 47.0 Å². The minimum absolute atomic E-state index is 0.365. The Morgan fingerprint density at radius 3 is 1.71 bits per heavy atom. The fraction of sp³-hybridized carbons (Fsp3) is 0.400. The molecule has 0 aliphatic rings. The smallest absolute Gasteiger partial charge is 0.0358 e. The molecule has 0 fully saturated rings. The summed E-state index contributed by atoms with van der Waals surface area (Å²) in [5, 5.41) is 3.49. The first-order chi connectivity index (χ1) is 9.90. The Hall–Kier alpha value is -1.60. The Morgan fingerprint density at radius 2 is 1.24 bits per heavy atom. The van der Waals surface area contributed by atoms with Crippen molar-refractivity contribution in [3.8, 4) is 0 Å². The van der Waals surface area contributed by atoms with Crippen molar-refractivity contribution in [1.82, 2.24) is 5.32 Å². The second-order valence-corrected chi connectivity index (χ2v) is 6.34. The minimum atomic E-state index is 0.365. The molecule has 0 radical (unpaired) electrons. The summed E-state index contributed by atoms with van der Waals surface area (Å²) in [5.74, 6) is 0. The van der Waals surface area contributed by atoms with Crippen molar-refractivity contribution in [3.05, 3.63) is 69.3 Å². The highest BCUT2D eigenvalue weighted by Gasteiger charge is 2.14. The van der Waals surface area contributed by atoms with Crippen LogP contribution in [0.5, 0.6) is 0 Å². The molecule has 112 valence electrons. The highest BCUT2D eigenvalue weighted by molar-refractivity contribution is 5.39. The monoisotopic (exact) mass is 281 g/mol. The van der Waals surface area contributed by atoms with E-state index in [1.807, 2.05) is 0 Å². The van der Waals surface area contributed by atoms with Crippen molar-refractivity contribution in [3.63, 3.8) is 0 Å². The molecule has 0 aromatic heterocycles. The Balaban J connectivity index is 2.35. The summed E-state index contributed by atoms with van der Waals surface area (Å²) in [7, 11) is 2.06. The van der Waals surface area contributed by atoms with Crippen LogP contribution in [0.2, 0.25) is 0 Å². The van der Waals surface area contributed by atoms with Crippen molar-refractivity contribution in [2.45, 2.75) is 47.1 Å². The van der Waals surface area contributed by atoms with E-state index < -0.39 is 0 Å². The summed E-state index contributed by atoms with van der Waals surface area (Å²) in [5.41, 5.74) is 9.68. The van der Waals surface area contributed by atoms with Crippen LogP contribution in [0.1, 0.15) is 45.0 Å². The third-order valence-corrected chi connectivity index (χ3v) is 4.24. The second-order valence-electron chi connectivity index (χ2n) is 6.34. The first-order valence-corrected chi connectivity index (χ1v) is 7.73. The number of hydrogen-bond acceptors (Lipinski definition) is 1. The number of aryl methyl sites for hydroxylation is 5. The van der Waals surface area contributed by atoms with Crippen molar-refractivity contribution in [1.29, 1.82) is 0 Å². The number of likely N-dealkylation sites (N-methyl/N-ethyl adjacent to an activating group) is 1. The maximum atomic E-state index is 3.49. The van der Waals surface area contributed by atoms with Crippen LogP contribution < -0.4 is 5.32 Å². The van der Waals surface area contributed by atoms with Gasteiger partial charge < -0.3 is 5.32 Å². The fourth-order valence-corrected chi connectivity index (χ4v) is 3.33. The first-order valence-electron chi connectivity index (χ1n) is 7.73. The summed E-state index contributed by atoms with van der Waals surface area (Å²) < 4.78 is 0. The molecule has 0 amide bonds. The molecule has 2 rings (SSSR count). The number of rotatable bonds is 4. The largest absolute Gasteiger partial charge is 0.313 e. The molecule has 0 spiro atoms. The molecule has 1 nitrogen and oxygen atoms in total. The van der Waals surface area contributed by atoms with E-state index in [0.717, 1.165) is 6.42 Å². The van der Waals surface area contributed by atoms with E-state index in [2.05, 4.69) is 77.3 Å². The van der Waals surface area contributed by atoms with Crippen LogP contribution in [0.3, 0.4) is 0 Å². The molecule has 2 aromatic rings. The average Bonchev–Trinajstić information content (AvgIpc) is 2.36. The van der Waals surface area contributed by atoms with Gasteiger partial charge in [0.05, 0.1) is 0 Å². The fourth-order valence-electron chi connectivity index (χ4n) is 3.33.